The number of esters is 1. The lowest BCUT2D eigenvalue weighted by Gasteiger charge is -2.32. The maximum absolute atomic E-state index is 11.4. The van der Waals surface area contributed by atoms with E-state index in [0.717, 1.165) is 49.9 Å². The number of furan rings is 1. The zero-order valence-corrected chi connectivity index (χ0v) is 13.3. The number of carbonyl (C=O) groups excluding carboxylic acids is 1. The average molecular weight is 307 g/mol. The number of piperidine rings is 1. The van der Waals surface area contributed by atoms with E-state index in [1.807, 2.05) is 0 Å². The van der Waals surface area contributed by atoms with Crippen molar-refractivity contribution in [1.29, 1.82) is 0 Å². The van der Waals surface area contributed by atoms with Crippen molar-refractivity contribution in [2.75, 3.05) is 20.2 Å². The molecule has 1 N–H and O–H groups in total. The summed E-state index contributed by atoms with van der Waals surface area (Å²) < 4.78 is 10.6. The molecule has 0 aromatic carbocycles. The molecular weight excluding hydrogens is 282 g/mol. The van der Waals surface area contributed by atoms with Crippen LogP contribution in [0.25, 0.3) is 0 Å². The van der Waals surface area contributed by atoms with Crippen LogP contribution < -0.4 is 0 Å². The normalized spacial score (nSPS) is 27.6. The zero-order valence-electron chi connectivity index (χ0n) is 13.3. The Morgan fingerprint density at radius 1 is 1.45 bits per heavy atom. The Bertz CT molecular complexity index is 518. The molecule has 5 heteroatoms. The van der Waals surface area contributed by atoms with E-state index < -0.39 is 12.1 Å². The number of aliphatic hydroxyl groups is 1. The Kier molecular flexibility index (Phi) is 4.54. The molecule has 0 bridgehead atoms. The van der Waals surface area contributed by atoms with Gasteiger partial charge in [0, 0.05) is 5.92 Å². The van der Waals surface area contributed by atoms with E-state index in [1.165, 1.54) is 13.5 Å². The fourth-order valence-electron chi connectivity index (χ4n) is 3.36. The lowest BCUT2D eigenvalue weighted by atomic mass is 9.91. The molecule has 1 saturated heterocycles. The van der Waals surface area contributed by atoms with E-state index in [0.29, 0.717) is 5.92 Å². The minimum atomic E-state index is -0.987. The van der Waals surface area contributed by atoms with Gasteiger partial charge in [-0.15, -0.1) is 0 Å². The third kappa shape index (κ3) is 3.36. The summed E-state index contributed by atoms with van der Waals surface area (Å²) in [5.41, 5.74) is 0. The predicted octanol–water partition coefficient (Wildman–Crippen LogP) is 2.15. The molecule has 0 amide bonds. The van der Waals surface area contributed by atoms with E-state index in [2.05, 4.69) is 28.7 Å². The molecule has 1 aliphatic heterocycles. The van der Waals surface area contributed by atoms with Crippen molar-refractivity contribution < 1.29 is 19.1 Å². The van der Waals surface area contributed by atoms with Gasteiger partial charge in [0.2, 0.25) is 0 Å². The highest BCUT2D eigenvalue weighted by atomic mass is 16.5. The molecule has 22 heavy (non-hydrogen) atoms. The van der Waals surface area contributed by atoms with E-state index in [9.17, 15) is 9.90 Å². The van der Waals surface area contributed by atoms with Crippen LogP contribution in [0.5, 0.6) is 0 Å². The first-order chi connectivity index (χ1) is 10.6. The number of ether oxygens (including phenoxy) is 1. The van der Waals surface area contributed by atoms with Crippen molar-refractivity contribution in [3.8, 4) is 0 Å². The van der Waals surface area contributed by atoms with Crippen molar-refractivity contribution in [3.63, 3.8) is 0 Å². The van der Waals surface area contributed by atoms with Crippen molar-refractivity contribution in [3.05, 3.63) is 23.7 Å². The molecule has 2 fully saturated rings. The summed E-state index contributed by atoms with van der Waals surface area (Å²) >= 11 is 0. The quantitative estimate of drug-likeness (QED) is 0.845. The van der Waals surface area contributed by atoms with Gasteiger partial charge in [-0.25, -0.2) is 4.79 Å². The van der Waals surface area contributed by atoms with Crippen LogP contribution in [0, 0.1) is 11.8 Å². The van der Waals surface area contributed by atoms with Gasteiger partial charge >= 0.3 is 5.97 Å². The molecule has 3 atom stereocenters. The first kappa shape index (κ1) is 15.6. The standard InChI is InChI=1S/C17H25NO4/c1-11-9-14(11)15-4-3-13(22-15)10-18-7-5-12(6-8-18)16(19)17(20)21-2/h3-4,11-12,14,16,19H,5-10H2,1-2H3/t11-,14-,16+/m0/s1. The van der Waals surface area contributed by atoms with Crippen LogP contribution >= 0.6 is 0 Å². The third-order valence-electron chi connectivity index (χ3n) is 5.06. The highest BCUT2D eigenvalue weighted by molar-refractivity contribution is 5.74. The number of nitrogens with zero attached hydrogens (tertiary/aromatic N) is 1. The highest BCUT2D eigenvalue weighted by Gasteiger charge is 2.36. The largest absolute Gasteiger partial charge is 0.467 e. The van der Waals surface area contributed by atoms with Gasteiger partial charge in [-0.05, 0) is 56.3 Å². The molecular formula is C17H25NO4. The fourth-order valence-corrected chi connectivity index (χ4v) is 3.36. The minimum absolute atomic E-state index is 0.00294. The van der Waals surface area contributed by atoms with Crippen LogP contribution in [-0.2, 0) is 16.1 Å². The summed E-state index contributed by atoms with van der Waals surface area (Å²) in [6.45, 7) is 4.80. The molecule has 0 unspecified atom stereocenters. The number of aliphatic hydroxyl groups excluding tert-OH is 1. The predicted molar refractivity (Wildman–Crippen MR) is 81.3 cm³/mol. The maximum Gasteiger partial charge on any atom is 0.334 e. The van der Waals surface area contributed by atoms with Crippen LogP contribution in [0.15, 0.2) is 16.5 Å². The maximum atomic E-state index is 11.4. The number of rotatable bonds is 5. The summed E-state index contributed by atoms with van der Waals surface area (Å²) in [7, 11) is 1.32. The van der Waals surface area contributed by atoms with Gasteiger partial charge in [0.05, 0.1) is 13.7 Å². The molecule has 2 aliphatic rings. The van der Waals surface area contributed by atoms with E-state index in [-0.39, 0.29) is 5.92 Å². The first-order valence-electron chi connectivity index (χ1n) is 8.15. The molecule has 5 nitrogen and oxygen atoms in total. The Hall–Kier alpha value is -1.33. The molecule has 1 aromatic heterocycles. The fraction of sp³-hybridized carbons (Fsp3) is 0.706. The topological polar surface area (TPSA) is 62.9 Å². The van der Waals surface area contributed by atoms with Crippen molar-refractivity contribution in [2.45, 2.75) is 44.8 Å². The van der Waals surface area contributed by atoms with Gasteiger partial charge in [0.15, 0.2) is 6.10 Å². The Morgan fingerprint density at radius 3 is 2.73 bits per heavy atom. The van der Waals surface area contributed by atoms with E-state index in [4.69, 9.17) is 4.42 Å². The number of hydrogen-bond acceptors (Lipinski definition) is 5. The van der Waals surface area contributed by atoms with Crippen LogP contribution in [-0.4, -0.2) is 42.3 Å². The molecule has 1 aromatic rings. The molecule has 3 rings (SSSR count). The lowest BCUT2D eigenvalue weighted by Crippen LogP contribution is -2.40. The zero-order chi connectivity index (χ0) is 15.7. The van der Waals surface area contributed by atoms with Crippen LogP contribution in [0.3, 0.4) is 0 Å². The van der Waals surface area contributed by atoms with E-state index >= 15 is 0 Å². The van der Waals surface area contributed by atoms with Gasteiger partial charge in [0.1, 0.15) is 11.5 Å². The van der Waals surface area contributed by atoms with Crippen molar-refractivity contribution in [1.82, 2.24) is 4.90 Å². The Morgan fingerprint density at radius 2 is 2.14 bits per heavy atom. The molecule has 0 spiro atoms. The number of likely N-dealkylation sites (tertiary alicyclic amines) is 1. The SMILES string of the molecule is COC(=O)[C@H](O)C1CCN(Cc2ccc([C@H]3C[C@@H]3C)o2)CC1. The number of carbonyl (C=O) groups is 1. The van der Waals surface area contributed by atoms with Gasteiger partial charge < -0.3 is 14.3 Å². The summed E-state index contributed by atoms with van der Waals surface area (Å²) in [5, 5.41) is 9.90. The summed E-state index contributed by atoms with van der Waals surface area (Å²) in [5.74, 6) is 3.00. The Labute approximate surface area is 131 Å². The second-order valence-corrected chi connectivity index (χ2v) is 6.71. The van der Waals surface area contributed by atoms with E-state index in [1.54, 1.807) is 0 Å². The number of hydrogen-bond donors (Lipinski definition) is 1. The lowest BCUT2D eigenvalue weighted by molar-refractivity contribution is -0.154. The Balaban J connectivity index is 1.47. The van der Waals surface area contributed by atoms with Gasteiger partial charge in [-0.1, -0.05) is 6.92 Å². The second kappa shape index (κ2) is 6.42. The summed E-state index contributed by atoms with van der Waals surface area (Å²) in [4.78, 5) is 13.7. The number of methoxy groups -OCH3 is 1. The monoisotopic (exact) mass is 307 g/mol. The third-order valence-corrected chi connectivity index (χ3v) is 5.06. The van der Waals surface area contributed by atoms with Crippen LogP contribution in [0.4, 0.5) is 0 Å². The summed E-state index contributed by atoms with van der Waals surface area (Å²) in [6.07, 6.45) is 1.87. The molecule has 2 heterocycles. The van der Waals surface area contributed by atoms with Crippen molar-refractivity contribution >= 4 is 5.97 Å². The molecule has 0 radical (unpaired) electrons. The van der Waals surface area contributed by atoms with Crippen LogP contribution in [0.1, 0.15) is 43.6 Å². The molecule has 1 saturated carbocycles. The summed E-state index contributed by atoms with van der Waals surface area (Å²) in [6, 6.07) is 4.19. The van der Waals surface area contributed by atoms with Gasteiger partial charge in [-0.3, -0.25) is 4.90 Å². The molecule has 122 valence electrons. The first-order valence-corrected chi connectivity index (χ1v) is 8.15. The highest BCUT2D eigenvalue weighted by Crippen LogP contribution is 2.47. The molecule has 1 aliphatic carbocycles. The van der Waals surface area contributed by atoms with Crippen molar-refractivity contribution in [2.24, 2.45) is 11.8 Å². The smallest absolute Gasteiger partial charge is 0.334 e. The van der Waals surface area contributed by atoms with Gasteiger partial charge in [-0.2, -0.15) is 0 Å². The average Bonchev–Trinajstić information content (AvgIpc) is 3.08. The van der Waals surface area contributed by atoms with Crippen LogP contribution in [0.2, 0.25) is 0 Å². The van der Waals surface area contributed by atoms with Gasteiger partial charge in [0.25, 0.3) is 0 Å². The second-order valence-electron chi connectivity index (χ2n) is 6.71. The minimum Gasteiger partial charge on any atom is -0.467 e.